The number of aromatic nitrogens is 1. The van der Waals surface area contributed by atoms with Crippen LogP contribution >= 0.6 is 0 Å². The lowest BCUT2D eigenvalue weighted by Gasteiger charge is -2.19. The summed E-state index contributed by atoms with van der Waals surface area (Å²) in [6, 6.07) is 13.1. The van der Waals surface area contributed by atoms with Gasteiger partial charge < -0.3 is 4.74 Å². The van der Waals surface area contributed by atoms with Crippen molar-refractivity contribution in [2.45, 2.75) is 0 Å². The molecule has 2 aromatic carbocycles. The molecule has 26 heavy (non-hydrogen) atoms. The predicted molar refractivity (Wildman–Crippen MR) is 93.8 cm³/mol. The van der Waals surface area contributed by atoms with Crippen LogP contribution in [-0.2, 0) is 0 Å². The van der Waals surface area contributed by atoms with Crippen LogP contribution < -0.4 is 4.74 Å². The van der Waals surface area contributed by atoms with Crippen LogP contribution in [0.3, 0.4) is 0 Å². The topological polar surface area (TPSA) is 39.2 Å². The molecular formula is C21H13F2NO2. The lowest BCUT2D eigenvalue weighted by atomic mass is 9.97. The van der Waals surface area contributed by atoms with Crippen LogP contribution in [0, 0.1) is 11.6 Å². The smallest absolute Gasteiger partial charge is 0.196 e. The quantitative estimate of drug-likeness (QED) is 0.630. The van der Waals surface area contributed by atoms with E-state index >= 15 is 0 Å². The minimum Gasteiger partial charge on any atom is -0.485 e. The summed E-state index contributed by atoms with van der Waals surface area (Å²) >= 11 is 0. The molecule has 0 saturated carbocycles. The van der Waals surface area contributed by atoms with Gasteiger partial charge in [0.25, 0.3) is 0 Å². The normalized spacial score (nSPS) is 14.8. The molecule has 0 atom stereocenters. The standard InChI is InChI=1S/C21H13F2NO2/c22-17-9-18-20(25)16(12-26-21(18)19(23)10-17)8-13-3-1-4-14(7-13)15-5-2-6-24-11-15/h1-11H,12H2/b16-8+. The number of ketones is 1. The Morgan fingerprint density at radius 1 is 1.04 bits per heavy atom. The van der Waals surface area contributed by atoms with E-state index in [-0.39, 0.29) is 17.9 Å². The number of hydrogen-bond acceptors (Lipinski definition) is 3. The molecular weight excluding hydrogens is 336 g/mol. The fraction of sp³-hybridized carbons (Fsp3) is 0.0476. The summed E-state index contributed by atoms with van der Waals surface area (Å²) in [6.07, 6.45) is 5.12. The van der Waals surface area contributed by atoms with Crippen molar-refractivity contribution < 1.29 is 18.3 Å². The highest BCUT2D eigenvalue weighted by Crippen LogP contribution is 2.32. The summed E-state index contributed by atoms with van der Waals surface area (Å²) in [5, 5.41) is 0. The van der Waals surface area contributed by atoms with Crippen molar-refractivity contribution in [2.24, 2.45) is 0 Å². The number of pyridine rings is 1. The molecule has 2 heterocycles. The number of halogens is 2. The summed E-state index contributed by atoms with van der Waals surface area (Å²) in [7, 11) is 0. The van der Waals surface area contributed by atoms with Gasteiger partial charge in [0.2, 0.25) is 0 Å². The van der Waals surface area contributed by atoms with Crippen molar-refractivity contribution in [3.63, 3.8) is 0 Å². The first-order valence-corrected chi connectivity index (χ1v) is 7.99. The van der Waals surface area contributed by atoms with E-state index in [4.69, 9.17) is 4.74 Å². The minimum atomic E-state index is -0.869. The highest BCUT2D eigenvalue weighted by molar-refractivity contribution is 6.14. The predicted octanol–water partition coefficient (Wildman–Crippen LogP) is 4.69. The lowest BCUT2D eigenvalue weighted by Crippen LogP contribution is -2.20. The van der Waals surface area contributed by atoms with Gasteiger partial charge in [0.1, 0.15) is 12.4 Å². The van der Waals surface area contributed by atoms with Gasteiger partial charge in [-0.1, -0.05) is 24.3 Å². The van der Waals surface area contributed by atoms with E-state index in [1.54, 1.807) is 18.5 Å². The number of ether oxygens (including phenoxy) is 1. The first kappa shape index (κ1) is 16.1. The maximum Gasteiger partial charge on any atom is 0.196 e. The highest BCUT2D eigenvalue weighted by Gasteiger charge is 2.27. The third-order valence-electron chi connectivity index (χ3n) is 4.14. The van der Waals surface area contributed by atoms with Crippen molar-refractivity contribution in [1.29, 1.82) is 0 Å². The number of Topliss-reactive ketones (excluding diaryl/α,β-unsaturated/α-hetero) is 1. The zero-order valence-electron chi connectivity index (χ0n) is 13.6. The molecule has 0 fully saturated rings. The molecule has 1 aromatic heterocycles. The maximum absolute atomic E-state index is 13.8. The molecule has 4 rings (SSSR count). The van der Waals surface area contributed by atoms with Gasteiger partial charge >= 0.3 is 0 Å². The lowest BCUT2D eigenvalue weighted by molar-refractivity contribution is 0.0997. The molecule has 0 N–H and O–H groups in total. The van der Waals surface area contributed by atoms with E-state index in [0.717, 1.165) is 22.8 Å². The van der Waals surface area contributed by atoms with E-state index in [0.29, 0.717) is 11.6 Å². The number of hydrogen-bond donors (Lipinski definition) is 0. The monoisotopic (exact) mass is 349 g/mol. The number of carbonyl (C=O) groups excluding carboxylic acids is 1. The van der Waals surface area contributed by atoms with E-state index < -0.39 is 17.4 Å². The molecule has 5 heteroatoms. The molecule has 0 radical (unpaired) electrons. The average molecular weight is 349 g/mol. The first-order chi connectivity index (χ1) is 12.6. The third-order valence-corrected chi connectivity index (χ3v) is 4.14. The van der Waals surface area contributed by atoms with Gasteiger partial charge in [0.05, 0.1) is 5.56 Å². The molecule has 0 unspecified atom stereocenters. The Balaban J connectivity index is 1.70. The molecule has 3 aromatic rings. The van der Waals surface area contributed by atoms with Crippen LogP contribution in [0.15, 0.2) is 66.5 Å². The number of nitrogens with zero attached hydrogens (tertiary/aromatic N) is 1. The van der Waals surface area contributed by atoms with Gasteiger partial charge in [-0.15, -0.1) is 0 Å². The molecule has 1 aliphatic heterocycles. The van der Waals surface area contributed by atoms with Gasteiger partial charge in [-0.25, -0.2) is 8.78 Å². The average Bonchev–Trinajstić information content (AvgIpc) is 2.65. The summed E-state index contributed by atoms with van der Waals surface area (Å²) < 4.78 is 32.5. The Hall–Kier alpha value is -3.34. The Bertz CT molecular complexity index is 1030. The van der Waals surface area contributed by atoms with Crippen LogP contribution in [0.25, 0.3) is 17.2 Å². The largest absolute Gasteiger partial charge is 0.485 e. The SMILES string of the molecule is O=C1/C(=C/c2cccc(-c3cccnc3)c2)COc2c(F)cc(F)cc21. The van der Waals surface area contributed by atoms with Gasteiger partial charge in [-0.05, 0) is 35.4 Å². The minimum absolute atomic E-state index is 0.0640. The van der Waals surface area contributed by atoms with Crippen molar-refractivity contribution in [3.05, 3.63) is 89.3 Å². The zero-order valence-corrected chi connectivity index (χ0v) is 13.6. The summed E-state index contributed by atoms with van der Waals surface area (Å²) in [4.78, 5) is 16.7. The fourth-order valence-electron chi connectivity index (χ4n) is 2.91. The highest BCUT2D eigenvalue weighted by atomic mass is 19.1. The summed E-state index contributed by atoms with van der Waals surface area (Å²) in [6.45, 7) is -0.0640. The zero-order chi connectivity index (χ0) is 18.1. The molecule has 0 saturated heterocycles. The Morgan fingerprint density at radius 3 is 2.69 bits per heavy atom. The van der Waals surface area contributed by atoms with Gasteiger partial charge in [-0.3, -0.25) is 9.78 Å². The maximum atomic E-state index is 13.8. The van der Waals surface area contributed by atoms with E-state index in [1.165, 1.54) is 0 Å². The number of fused-ring (bicyclic) bond motifs is 1. The van der Waals surface area contributed by atoms with Crippen LogP contribution in [-0.4, -0.2) is 17.4 Å². The van der Waals surface area contributed by atoms with Crippen LogP contribution in [0.1, 0.15) is 15.9 Å². The first-order valence-electron chi connectivity index (χ1n) is 7.99. The van der Waals surface area contributed by atoms with Gasteiger partial charge in [0.15, 0.2) is 17.3 Å². The Labute approximate surface area is 148 Å². The van der Waals surface area contributed by atoms with Crippen molar-refractivity contribution in [1.82, 2.24) is 4.98 Å². The molecule has 1 aliphatic rings. The fourth-order valence-corrected chi connectivity index (χ4v) is 2.91. The second kappa shape index (κ2) is 6.52. The number of rotatable bonds is 2. The van der Waals surface area contributed by atoms with E-state index in [9.17, 15) is 13.6 Å². The summed E-state index contributed by atoms with van der Waals surface area (Å²) in [5.74, 6) is -2.31. The van der Waals surface area contributed by atoms with Crippen molar-refractivity contribution >= 4 is 11.9 Å². The van der Waals surface area contributed by atoms with Crippen LogP contribution in [0.2, 0.25) is 0 Å². The van der Waals surface area contributed by atoms with Gasteiger partial charge in [0, 0.05) is 29.6 Å². The van der Waals surface area contributed by atoms with Gasteiger partial charge in [-0.2, -0.15) is 0 Å². The molecule has 0 spiro atoms. The number of benzene rings is 2. The molecule has 0 bridgehead atoms. The third kappa shape index (κ3) is 2.99. The van der Waals surface area contributed by atoms with Crippen molar-refractivity contribution in [2.75, 3.05) is 6.61 Å². The molecule has 0 amide bonds. The van der Waals surface area contributed by atoms with Crippen LogP contribution in [0.5, 0.6) is 5.75 Å². The molecule has 0 aliphatic carbocycles. The van der Waals surface area contributed by atoms with E-state index in [1.807, 2.05) is 36.4 Å². The summed E-state index contributed by atoms with van der Waals surface area (Å²) in [5.41, 5.74) is 2.94. The second-order valence-electron chi connectivity index (χ2n) is 5.92. The molecule has 128 valence electrons. The van der Waals surface area contributed by atoms with Crippen molar-refractivity contribution in [3.8, 4) is 16.9 Å². The second-order valence-corrected chi connectivity index (χ2v) is 5.92. The number of carbonyl (C=O) groups is 1. The van der Waals surface area contributed by atoms with E-state index in [2.05, 4.69) is 4.98 Å². The Morgan fingerprint density at radius 2 is 1.88 bits per heavy atom. The Kier molecular flexibility index (Phi) is 4.05. The molecule has 3 nitrogen and oxygen atoms in total. The van der Waals surface area contributed by atoms with Crippen LogP contribution in [0.4, 0.5) is 8.78 Å².